The van der Waals surface area contributed by atoms with E-state index >= 15 is 0 Å². The van der Waals surface area contributed by atoms with E-state index in [4.69, 9.17) is 10.2 Å². The Hall–Kier alpha value is -2.27. The highest BCUT2D eigenvalue weighted by Crippen LogP contribution is 2.21. The maximum atomic E-state index is 12.3. The second kappa shape index (κ2) is 6.45. The number of amides is 1. The van der Waals surface area contributed by atoms with Gasteiger partial charge < -0.3 is 15.5 Å². The fourth-order valence-corrected chi connectivity index (χ4v) is 2.01. The zero-order chi connectivity index (χ0) is 15.4. The Morgan fingerprint density at radius 3 is 2.81 bits per heavy atom. The quantitative estimate of drug-likeness (QED) is 0.829. The van der Waals surface area contributed by atoms with Crippen LogP contribution in [0.25, 0.3) is 0 Å². The van der Waals surface area contributed by atoms with Gasteiger partial charge in [-0.3, -0.25) is 9.69 Å². The number of anilines is 2. The van der Waals surface area contributed by atoms with Crippen LogP contribution in [-0.4, -0.2) is 23.9 Å². The van der Waals surface area contributed by atoms with Gasteiger partial charge in [0.05, 0.1) is 18.8 Å². The molecule has 1 amide bonds. The minimum Gasteiger partial charge on any atom is -0.468 e. The smallest absolute Gasteiger partial charge is 0.241 e. The fourth-order valence-electron chi connectivity index (χ4n) is 2.01. The molecule has 0 radical (unpaired) electrons. The molecule has 1 unspecified atom stereocenters. The van der Waals surface area contributed by atoms with Crippen LogP contribution in [0.5, 0.6) is 0 Å². The molecule has 1 heterocycles. The van der Waals surface area contributed by atoms with Gasteiger partial charge in [0.1, 0.15) is 5.76 Å². The lowest BCUT2D eigenvalue weighted by Gasteiger charge is -2.23. The highest BCUT2D eigenvalue weighted by molar-refractivity contribution is 5.95. The maximum Gasteiger partial charge on any atom is 0.241 e. The van der Waals surface area contributed by atoms with Gasteiger partial charge in [0, 0.05) is 11.4 Å². The average Bonchev–Trinajstić information content (AvgIpc) is 2.95. The summed E-state index contributed by atoms with van der Waals surface area (Å²) in [6.45, 7) is 4.33. The first-order valence-corrected chi connectivity index (χ1v) is 6.87. The average molecular weight is 287 g/mol. The molecule has 3 N–H and O–H groups in total. The van der Waals surface area contributed by atoms with Crippen LogP contribution in [0, 0.1) is 6.92 Å². The van der Waals surface area contributed by atoms with E-state index in [1.807, 2.05) is 56.1 Å². The molecule has 0 aliphatic rings. The van der Waals surface area contributed by atoms with Crippen LogP contribution in [0.3, 0.4) is 0 Å². The van der Waals surface area contributed by atoms with Crippen molar-refractivity contribution in [2.45, 2.75) is 26.4 Å². The van der Waals surface area contributed by atoms with Crippen molar-refractivity contribution >= 4 is 17.3 Å². The molecule has 0 spiro atoms. The molecule has 1 aromatic heterocycles. The summed E-state index contributed by atoms with van der Waals surface area (Å²) in [6, 6.07) is 8.94. The second-order valence-corrected chi connectivity index (χ2v) is 5.18. The van der Waals surface area contributed by atoms with Gasteiger partial charge in [-0.25, -0.2) is 0 Å². The van der Waals surface area contributed by atoms with E-state index in [-0.39, 0.29) is 11.9 Å². The Bertz CT molecular complexity index is 608. The van der Waals surface area contributed by atoms with Crippen LogP contribution >= 0.6 is 0 Å². The number of nitrogens with two attached hydrogens (primary N) is 1. The first kappa shape index (κ1) is 15.1. The number of likely N-dealkylation sites (N-methyl/N-ethyl adjacent to an activating group) is 1. The van der Waals surface area contributed by atoms with Gasteiger partial charge in [0.2, 0.25) is 5.91 Å². The molecule has 21 heavy (non-hydrogen) atoms. The highest BCUT2D eigenvalue weighted by Gasteiger charge is 2.19. The van der Waals surface area contributed by atoms with Crippen molar-refractivity contribution in [2.24, 2.45) is 0 Å². The second-order valence-electron chi connectivity index (χ2n) is 5.18. The number of benzene rings is 1. The molecule has 5 nitrogen and oxygen atoms in total. The van der Waals surface area contributed by atoms with Crippen LogP contribution in [0.2, 0.25) is 0 Å². The molecule has 1 aromatic carbocycles. The van der Waals surface area contributed by atoms with Crippen LogP contribution in [-0.2, 0) is 11.3 Å². The molecule has 5 heteroatoms. The van der Waals surface area contributed by atoms with Gasteiger partial charge in [-0.2, -0.15) is 0 Å². The van der Waals surface area contributed by atoms with E-state index in [2.05, 4.69) is 5.32 Å². The van der Waals surface area contributed by atoms with Crippen LogP contribution < -0.4 is 11.1 Å². The van der Waals surface area contributed by atoms with Crippen LogP contribution in [0.1, 0.15) is 18.2 Å². The van der Waals surface area contributed by atoms with E-state index in [9.17, 15) is 4.79 Å². The molecule has 2 rings (SSSR count). The molecule has 2 aromatic rings. The van der Waals surface area contributed by atoms with Crippen molar-refractivity contribution in [3.63, 3.8) is 0 Å². The van der Waals surface area contributed by atoms with Crippen molar-refractivity contribution in [2.75, 3.05) is 18.1 Å². The fraction of sp³-hybridized carbons (Fsp3) is 0.312. The number of rotatable bonds is 5. The Kier molecular flexibility index (Phi) is 4.65. The van der Waals surface area contributed by atoms with Gasteiger partial charge in [0.15, 0.2) is 0 Å². The van der Waals surface area contributed by atoms with Gasteiger partial charge in [-0.1, -0.05) is 6.07 Å². The summed E-state index contributed by atoms with van der Waals surface area (Å²) in [4.78, 5) is 14.2. The zero-order valence-electron chi connectivity index (χ0n) is 12.6. The van der Waals surface area contributed by atoms with Crippen LogP contribution in [0.15, 0.2) is 41.0 Å². The van der Waals surface area contributed by atoms with E-state index < -0.39 is 0 Å². The van der Waals surface area contributed by atoms with E-state index in [0.29, 0.717) is 12.2 Å². The minimum absolute atomic E-state index is 0.0715. The summed E-state index contributed by atoms with van der Waals surface area (Å²) in [5, 5.41) is 2.92. The summed E-state index contributed by atoms with van der Waals surface area (Å²) in [5.41, 5.74) is 8.15. The third-order valence-electron chi connectivity index (χ3n) is 3.66. The highest BCUT2D eigenvalue weighted by atomic mass is 16.3. The SMILES string of the molecule is Cc1c(N)cccc1NC(=O)C(C)N(C)Cc1ccco1. The summed E-state index contributed by atoms with van der Waals surface area (Å²) >= 11 is 0. The third-order valence-corrected chi connectivity index (χ3v) is 3.66. The first-order valence-electron chi connectivity index (χ1n) is 6.87. The van der Waals surface area contributed by atoms with Crippen molar-refractivity contribution < 1.29 is 9.21 Å². The van der Waals surface area contributed by atoms with E-state index in [1.165, 1.54) is 0 Å². The number of carbonyl (C=O) groups is 1. The number of carbonyl (C=O) groups excluding carboxylic acids is 1. The number of furan rings is 1. The molecule has 0 fully saturated rings. The molecule has 0 aliphatic heterocycles. The molecule has 0 saturated carbocycles. The summed E-state index contributed by atoms with van der Waals surface area (Å²) in [7, 11) is 1.89. The molecule has 0 bridgehead atoms. The maximum absolute atomic E-state index is 12.3. The van der Waals surface area contributed by atoms with E-state index in [1.54, 1.807) is 6.26 Å². The summed E-state index contributed by atoms with van der Waals surface area (Å²) in [6.07, 6.45) is 1.63. The predicted molar refractivity (Wildman–Crippen MR) is 83.9 cm³/mol. The normalized spacial score (nSPS) is 12.4. The van der Waals surface area contributed by atoms with Crippen LogP contribution in [0.4, 0.5) is 11.4 Å². The minimum atomic E-state index is -0.282. The monoisotopic (exact) mass is 287 g/mol. The third kappa shape index (κ3) is 3.64. The molecule has 0 aliphatic carbocycles. The number of nitrogens with zero attached hydrogens (tertiary/aromatic N) is 1. The predicted octanol–water partition coefficient (Wildman–Crippen LogP) is 2.63. The topological polar surface area (TPSA) is 71.5 Å². The van der Waals surface area contributed by atoms with Gasteiger partial charge in [-0.15, -0.1) is 0 Å². The Labute approximate surface area is 124 Å². The largest absolute Gasteiger partial charge is 0.468 e. The van der Waals surface area contributed by atoms with Gasteiger partial charge in [0.25, 0.3) is 0 Å². The molecule has 0 saturated heterocycles. The Balaban J connectivity index is 2.00. The van der Waals surface area contributed by atoms with Crippen molar-refractivity contribution in [3.8, 4) is 0 Å². The Morgan fingerprint density at radius 1 is 1.38 bits per heavy atom. The first-order chi connectivity index (χ1) is 9.99. The van der Waals surface area contributed by atoms with Gasteiger partial charge in [-0.05, 0) is 50.7 Å². The number of nitrogens with one attached hydrogen (secondary N) is 1. The standard InChI is InChI=1S/C16H21N3O2/c1-11-14(17)7-4-8-15(11)18-16(20)12(2)19(3)10-13-6-5-9-21-13/h4-9,12H,10,17H2,1-3H3,(H,18,20). The zero-order valence-corrected chi connectivity index (χ0v) is 12.6. The summed E-state index contributed by atoms with van der Waals surface area (Å²) < 4.78 is 5.30. The molecular weight excluding hydrogens is 266 g/mol. The van der Waals surface area contributed by atoms with Crippen molar-refractivity contribution in [1.82, 2.24) is 4.90 Å². The van der Waals surface area contributed by atoms with Crippen molar-refractivity contribution in [1.29, 1.82) is 0 Å². The molecule has 112 valence electrons. The number of hydrogen-bond donors (Lipinski definition) is 2. The lowest BCUT2D eigenvalue weighted by atomic mass is 10.1. The molecule has 1 atom stereocenters. The lowest BCUT2D eigenvalue weighted by Crippen LogP contribution is -2.39. The summed E-state index contributed by atoms with van der Waals surface area (Å²) in [5.74, 6) is 0.759. The number of hydrogen-bond acceptors (Lipinski definition) is 4. The lowest BCUT2D eigenvalue weighted by molar-refractivity contribution is -0.120. The van der Waals surface area contributed by atoms with E-state index in [0.717, 1.165) is 17.0 Å². The Morgan fingerprint density at radius 2 is 2.14 bits per heavy atom. The number of nitrogen functional groups attached to an aromatic ring is 1. The van der Waals surface area contributed by atoms with Crippen molar-refractivity contribution in [3.05, 3.63) is 47.9 Å². The van der Waals surface area contributed by atoms with Gasteiger partial charge >= 0.3 is 0 Å². The molecular formula is C16H21N3O2.